The lowest BCUT2D eigenvalue weighted by molar-refractivity contribution is 0.246. The summed E-state index contributed by atoms with van der Waals surface area (Å²) in [6.45, 7) is -0.670. The van der Waals surface area contributed by atoms with E-state index in [1.165, 1.54) is 0 Å². The van der Waals surface area contributed by atoms with Crippen LogP contribution in [0.1, 0.15) is 5.56 Å². The Morgan fingerprint density at radius 1 is 0.947 bits per heavy atom. The molecule has 0 bridgehead atoms. The van der Waals surface area contributed by atoms with Gasteiger partial charge in [-0.15, -0.1) is 0 Å². The molecular formula is C13H7F4O2. The highest BCUT2D eigenvalue weighted by molar-refractivity contribution is 5.40. The van der Waals surface area contributed by atoms with Crippen molar-refractivity contribution in [3.05, 3.63) is 59.2 Å². The Kier molecular flexibility index (Phi) is 3.59. The summed E-state index contributed by atoms with van der Waals surface area (Å²) in [4.78, 5) is 0. The fraction of sp³-hybridized carbons (Fsp3) is 0.0769. The number of hydrogen-bond acceptors (Lipinski definition) is 1. The molecule has 2 nitrogen and oxygen atoms in total. The Bertz CT molecular complexity index is 570. The van der Waals surface area contributed by atoms with Crippen molar-refractivity contribution in [3.8, 4) is 11.5 Å². The Morgan fingerprint density at radius 2 is 1.58 bits per heavy atom. The summed E-state index contributed by atoms with van der Waals surface area (Å²) in [7, 11) is 0. The fourth-order valence-electron chi connectivity index (χ4n) is 1.49. The minimum Gasteiger partial charge on any atom is -0.482 e. The lowest BCUT2D eigenvalue weighted by atomic mass is 10.2. The maximum Gasteiger partial charge on any atom is 0.226 e. The Morgan fingerprint density at radius 3 is 2.16 bits per heavy atom. The van der Waals surface area contributed by atoms with E-state index in [0.717, 1.165) is 18.2 Å². The predicted octanol–water partition coefficient (Wildman–Crippen LogP) is 3.97. The third kappa shape index (κ3) is 2.78. The Hall–Kier alpha value is -2.24. The number of benzene rings is 2. The van der Waals surface area contributed by atoms with Crippen LogP contribution in [0.2, 0.25) is 0 Å². The molecule has 2 aromatic carbocycles. The van der Waals surface area contributed by atoms with Gasteiger partial charge in [0.05, 0.1) is 5.56 Å². The monoisotopic (exact) mass is 271 g/mol. The lowest BCUT2D eigenvalue weighted by Gasteiger charge is -2.09. The highest BCUT2D eigenvalue weighted by atomic mass is 19.1. The largest absolute Gasteiger partial charge is 0.482 e. The van der Waals surface area contributed by atoms with Gasteiger partial charge < -0.3 is 4.74 Å². The van der Waals surface area contributed by atoms with Crippen LogP contribution in [-0.2, 0) is 11.7 Å². The fourth-order valence-corrected chi connectivity index (χ4v) is 1.49. The first kappa shape index (κ1) is 13.2. The Balaban J connectivity index is 2.24. The number of hydrogen-bond donors (Lipinski definition) is 0. The first-order chi connectivity index (χ1) is 8.99. The zero-order chi connectivity index (χ0) is 14.0. The Labute approximate surface area is 105 Å². The van der Waals surface area contributed by atoms with Crippen molar-refractivity contribution in [2.45, 2.75) is 6.61 Å². The quantitative estimate of drug-likeness (QED) is 0.777. The van der Waals surface area contributed by atoms with Gasteiger partial charge in [0.15, 0.2) is 5.82 Å². The molecule has 1 radical (unpaired) electrons. The number of ether oxygens (including phenoxy) is 1. The van der Waals surface area contributed by atoms with Crippen molar-refractivity contribution < 1.29 is 27.4 Å². The average Bonchev–Trinajstić information content (AvgIpc) is 2.31. The van der Waals surface area contributed by atoms with E-state index in [-0.39, 0.29) is 0 Å². The second kappa shape index (κ2) is 5.17. The smallest absolute Gasteiger partial charge is 0.226 e. The van der Waals surface area contributed by atoms with E-state index in [0.29, 0.717) is 12.1 Å². The van der Waals surface area contributed by atoms with E-state index in [2.05, 4.69) is 0 Å². The molecule has 2 aromatic rings. The molecule has 99 valence electrons. The maximum atomic E-state index is 13.3. The molecule has 0 aliphatic carbocycles. The number of halogens is 4. The molecule has 0 aliphatic heterocycles. The molecule has 6 heteroatoms. The van der Waals surface area contributed by atoms with Crippen LogP contribution in [-0.4, -0.2) is 0 Å². The molecule has 0 fully saturated rings. The number of rotatable bonds is 3. The van der Waals surface area contributed by atoms with Gasteiger partial charge in [-0.1, -0.05) is 6.07 Å². The van der Waals surface area contributed by atoms with Gasteiger partial charge in [-0.25, -0.2) is 17.6 Å². The average molecular weight is 271 g/mol. The van der Waals surface area contributed by atoms with Gasteiger partial charge in [-0.05, 0) is 12.1 Å². The molecule has 0 N–H and O–H groups in total. The molecule has 0 saturated heterocycles. The standard InChI is InChI=1S/C13H7F4O2/c14-7-4-11(17)13(12(18)5-7)19-6-8-9(15)2-1-3-10(8)16/h1-5H,6H2. The summed E-state index contributed by atoms with van der Waals surface area (Å²) in [5.74, 6) is -5.84. The third-order valence-corrected chi connectivity index (χ3v) is 2.40. The van der Waals surface area contributed by atoms with E-state index in [4.69, 9.17) is 4.74 Å². The maximum absolute atomic E-state index is 13.3. The minimum absolute atomic E-state index is 0.439. The van der Waals surface area contributed by atoms with Crippen LogP contribution in [0.3, 0.4) is 0 Å². The molecule has 0 amide bonds. The zero-order valence-electron chi connectivity index (χ0n) is 9.42. The van der Waals surface area contributed by atoms with Crippen LogP contribution in [0.25, 0.3) is 0 Å². The van der Waals surface area contributed by atoms with E-state index in [9.17, 15) is 22.7 Å². The third-order valence-electron chi connectivity index (χ3n) is 2.40. The van der Waals surface area contributed by atoms with Gasteiger partial charge in [0.25, 0.3) is 0 Å². The van der Waals surface area contributed by atoms with Gasteiger partial charge in [-0.2, -0.15) is 0 Å². The summed E-state index contributed by atoms with van der Waals surface area (Å²) in [6, 6.07) is 4.14. The van der Waals surface area contributed by atoms with Crippen LogP contribution < -0.4 is 4.74 Å². The van der Waals surface area contributed by atoms with Crippen LogP contribution in [0, 0.1) is 23.3 Å². The van der Waals surface area contributed by atoms with Gasteiger partial charge in [-0.3, -0.25) is 5.11 Å². The van der Waals surface area contributed by atoms with E-state index in [1.54, 1.807) is 0 Å². The highest BCUT2D eigenvalue weighted by Gasteiger charge is 2.16. The molecule has 0 aliphatic rings. The molecule has 0 aromatic heterocycles. The van der Waals surface area contributed by atoms with E-state index >= 15 is 0 Å². The normalized spacial score (nSPS) is 10.5. The second-order valence-electron chi connectivity index (χ2n) is 3.70. The van der Waals surface area contributed by atoms with Gasteiger partial charge in [0.2, 0.25) is 11.5 Å². The van der Waals surface area contributed by atoms with Crippen molar-refractivity contribution in [1.82, 2.24) is 0 Å². The van der Waals surface area contributed by atoms with E-state index in [1.807, 2.05) is 0 Å². The molecular weight excluding hydrogens is 264 g/mol. The van der Waals surface area contributed by atoms with Crippen LogP contribution >= 0.6 is 0 Å². The summed E-state index contributed by atoms with van der Waals surface area (Å²) < 4.78 is 57.2. The van der Waals surface area contributed by atoms with Gasteiger partial charge >= 0.3 is 0 Å². The molecule has 0 spiro atoms. The van der Waals surface area contributed by atoms with Crippen molar-refractivity contribution in [2.24, 2.45) is 0 Å². The van der Waals surface area contributed by atoms with E-state index < -0.39 is 46.9 Å². The second-order valence-corrected chi connectivity index (χ2v) is 3.70. The van der Waals surface area contributed by atoms with Crippen LogP contribution in [0.5, 0.6) is 11.5 Å². The molecule has 0 unspecified atom stereocenters. The molecule has 2 rings (SSSR count). The first-order valence-electron chi connectivity index (χ1n) is 5.21. The summed E-state index contributed by atoms with van der Waals surface area (Å²) in [5, 5.41) is 11.3. The topological polar surface area (TPSA) is 29.1 Å². The van der Waals surface area contributed by atoms with Gasteiger partial charge in [0, 0.05) is 12.1 Å². The first-order valence-corrected chi connectivity index (χ1v) is 5.21. The predicted molar refractivity (Wildman–Crippen MR) is 57.2 cm³/mol. The molecule has 0 atom stereocenters. The van der Waals surface area contributed by atoms with Crippen molar-refractivity contribution in [1.29, 1.82) is 0 Å². The van der Waals surface area contributed by atoms with Gasteiger partial charge in [0.1, 0.15) is 24.1 Å². The summed E-state index contributed by atoms with van der Waals surface area (Å²) in [5.41, 5.74) is -0.439. The van der Waals surface area contributed by atoms with Crippen LogP contribution in [0.4, 0.5) is 17.6 Å². The summed E-state index contributed by atoms with van der Waals surface area (Å²) >= 11 is 0. The summed E-state index contributed by atoms with van der Waals surface area (Å²) in [6.07, 6.45) is 0. The molecule has 0 heterocycles. The molecule has 0 saturated carbocycles. The van der Waals surface area contributed by atoms with Crippen molar-refractivity contribution >= 4 is 0 Å². The SMILES string of the molecule is [O]c1cc(F)cc(F)c1OCc1c(F)cccc1F. The minimum atomic E-state index is -1.22. The van der Waals surface area contributed by atoms with Crippen molar-refractivity contribution in [3.63, 3.8) is 0 Å². The van der Waals surface area contributed by atoms with Crippen LogP contribution in [0.15, 0.2) is 30.3 Å². The highest BCUT2D eigenvalue weighted by Crippen LogP contribution is 2.31. The lowest BCUT2D eigenvalue weighted by Crippen LogP contribution is -2.03. The zero-order valence-corrected chi connectivity index (χ0v) is 9.42. The molecule has 19 heavy (non-hydrogen) atoms. The van der Waals surface area contributed by atoms with Crippen molar-refractivity contribution in [2.75, 3.05) is 0 Å².